The van der Waals surface area contributed by atoms with Crippen LogP contribution in [0.2, 0.25) is 0 Å². The van der Waals surface area contributed by atoms with Crippen molar-refractivity contribution in [3.63, 3.8) is 0 Å². The fraction of sp³-hybridized carbons (Fsp3) is 0.0769. The molecule has 0 aliphatic carbocycles. The molecule has 108 valence electrons. The molecule has 0 atom stereocenters. The molecule has 21 heavy (non-hydrogen) atoms. The van der Waals surface area contributed by atoms with Crippen LogP contribution >= 0.6 is 0 Å². The van der Waals surface area contributed by atoms with Gasteiger partial charge >= 0.3 is 6.18 Å². The average Bonchev–Trinajstić information content (AvgIpc) is 2.39. The molecule has 0 aliphatic rings. The summed E-state index contributed by atoms with van der Waals surface area (Å²) in [6.07, 6.45) is -4.59. The van der Waals surface area contributed by atoms with Gasteiger partial charge in [-0.05, 0) is 30.3 Å². The average molecular weight is 296 g/mol. The number of aromatic nitrogens is 1. The van der Waals surface area contributed by atoms with Crippen LogP contribution in [0.3, 0.4) is 0 Å². The quantitative estimate of drug-likeness (QED) is 0.832. The Bertz CT molecular complexity index is 719. The number of alkyl halides is 3. The van der Waals surface area contributed by atoms with Crippen molar-refractivity contribution in [3.05, 3.63) is 47.3 Å². The number of nitrogens with two attached hydrogens (primary N) is 1. The number of halogens is 4. The van der Waals surface area contributed by atoms with E-state index >= 15 is 0 Å². The topological polar surface area (TPSA) is 74.7 Å². The third kappa shape index (κ3) is 3.39. The van der Waals surface area contributed by atoms with Crippen molar-refractivity contribution in [2.24, 2.45) is 0 Å². The molecule has 0 spiro atoms. The van der Waals surface area contributed by atoms with Gasteiger partial charge in [-0.2, -0.15) is 18.4 Å². The number of hydrogen-bond acceptors (Lipinski definition) is 4. The zero-order valence-corrected chi connectivity index (χ0v) is 10.4. The lowest BCUT2D eigenvalue weighted by Gasteiger charge is -2.11. The standard InChI is InChI=1S/C13H8F4N4/c14-9-3-7(6-18)1-2-10(9)20-12-5-8(13(15,16)17)4-11(19)21-12/h1-5H,(H3,19,20,21). The van der Waals surface area contributed by atoms with Crippen molar-refractivity contribution >= 4 is 17.3 Å². The predicted molar refractivity (Wildman–Crippen MR) is 68.0 cm³/mol. The van der Waals surface area contributed by atoms with E-state index in [0.29, 0.717) is 12.1 Å². The van der Waals surface area contributed by atoms with Crippen LogP contribution in [0.1, 0.15) is 11.1 Å². The van der Waals surface area contributed by atoms with Crippen LogP contribution in [0.25, 0.3) is 0 Å². The molecule has 1 aromatic heterocycles. The van der Waals surface area contributed by atoms with Gasteiger partial charge in [-0.15, -0.1) is 0 Å². The van der Waals surface area contributed by atoms with Crippen molar-refractivity contribution in [3.8, 4) is 6.07 Å². The third-order valence-corrected chi connectivity index (χ3v) is 2.53. The predicted octanol–water partition coefficient (Wildman–Crippen LogP) is 3.44. The van der Waals surface area contributed by atoms with E-state index in [2.05, 4.69) is 10.3 Å². The molecular weight excluding hydrogens is 288 g/mol. The zero-order valence-electron chi connectivity index (χ0n) is 10.4. The maximum absolute atomic E-state index is 13.7. The molecule has 0 saturated carbocycles. The maximum atomic E-state index is 13.7. The van der Waals surface area contributed by atoms with Gasteiger partial charge < -0.3 is 11.1 Å². The molecule has 3 N–H and O–H groups in total. The molecule has 0 fully saturated rings. The van der Waals surface area contributed by atoms with Crippen LogP contribution in [-0.4, -0.2) is 4.98 Å². The fourth-order valence-corrected chi connectivity index (χ4v) is 1.60. The minimum absolute atomic E-state index is 0.0922. The van der Waals surface area contributed by atoms with Gasteiger partial charge in [-0.3, -0.25) is 0 Å². The molecule has 1 aromatic carbocycles. The number of nitrogen functional groups attached to an aromatic ring is 1. The van der Waals surface area contributed by atoms with Gasteiger partial charge in [-0.1, -0.05) is 0 Å². The van der Waals surface area contributed by atoms with Crippen LogP contribution in [0.4, 0.5) is 34.9 Å². The maximum Gasteiger partial charge on any atom is 0.416 e. The van der Waals surface area contributed by atoms with Crippen molar-refractivity contribution in [1.29, 1.82) is 5.26 Å². The van der Waals surface area contributed by atoms with Gasteiger partial charge in [0.05, 0.1) is 22.9 Å². The molecule has 0 radical (unpaired) electrons. The van der Waals surface area contributed by atoms with Gasteiger partial charge in [0.25, 0.3) is 0 Å². The van der Waals surface area contributed by atoms with Crippen molar-refractivity contribution in [1.82, 2.24) is 4.98 Å². The fourth-order valence-electron chi connectivity index (χ4n) is 1.60. The van der Waals surface area contributed by atoms with E-state index < -0.39 is 17.6 Å². The van der Waals surface area contributed by atoms with Crippen LogP contribution in [0, 0.1) is 17.1 Å². The molecule has 0 bridgehead atoms. The highest BCUT2D eigenvalue weighted by Crippen LogP contribution is 2.32. The van der Waals surface area contributed by atoms with Crippen LogP contribution in [0.15, 0.2) is 30.3 Å². The molecule has 2 aromatic rings. The number of nitrogens with one attached hydrogen (secondary N) is 1. The highest BCUT2D eigenvalue weighted by atomic mass is 19.4. The highest BCUT2D eigenvalue weighted by molar-refractivity contribution is 5.60. The first-order valence-electron chi connectivity index (χ1n) is 5.61. The lowest BCUT2D eigenvalue weighted by molar-refractivity contribution is -0.137. The van der Waals surface area contributed by atoms with Crippen LogP contribution in [-0.2, 0) is 6.18 Å². The Kier molecular flexibility index (Phi) is 3.67. The Morgan fingerprint density at radius 2 is 1.90 bits per heavy atom. The number of benzene rings is 1. The van der Waals surface area contributed by atoms with Gasteiger partial charge in [0, 0.05) is 0 Å². The monoisotopic (exact) mass is 296 g/mol. The molecule has 0 aliphatic heterocycles. The lowest BCUT2D eigenvalue weighted by Crippen LogP contribution is -2.08. The molecule has 4 nitrogen and oxygen atoms in total. The second-order valence-electron chi connectivity index (χ2n) is 4.10. The molecule has 0 amide bonds. The number of anilines is 3. The smallest absolute Gasteiger partial charge is 0.384 e. The molecule has 2 rings (SSSR count). The first-order chi connectivity index (χ1) is 9.79. The summed E-state index contributed by atoms with van der Waals surface area (Å²) in [4.78, 5) is 3.66. The normalized spacial score (nSPS) is 11.0. The van der Waals surface area contributed by atoms with Crippen LogP contribution in [0.5, 0.6) is 0 Å². The second kappa shape index (κ2) is 5.28. The van der Waals surface area contributed by atoms with E-state index in [1.807, 2.05) is 0 Å². The Labute approximate surface area is 116 Å². The van der Waals surface area contributed by atoms with E-state index in [1.54, 1.807) is 6.07 Å². The Balaban J connectivity index is 2.36. The van der Waals surface area contributed by atoms with Crippen LogP contribution < -0.4 is 11.1 Å². The minimum atomic E-state index is -4.59. The minimum Gasteiger partial charge on any atom is -0.384 e. The zero-order chi connectivity index (χ0) is 15.6. The van der Waals surface area contributed by atoms with Crippen molar-refractivity contribution < 1.29 is 17.6 Å². The van der Waals surface area contributed by atoms with Crippen molar-refractivity contribution in [2.45, 2.75) is 6.18 Å². The van der Waals surface area contributed by atoms with Crippen molar-refractivity contribution in [2.75, 3.05) is 11.1 Å². The van der Waals surface area contributed by atoms with E-state index in [4.69, 9.17) is 11.0 Å². The van der Waals surface area contributed by atoms with E-state index in [1.165, 1.54) is 12.1 Å². The number of pyridine rings is 1. The second-order valence-corrected chi connectivity index (χ2v) is 4.10. The largest absolute Gasteiger partial charge is 0.416 e. The highest BCUT2D eigenvalue weighted by Gasteiger charge is 2.31. The Morgan fingerprint density at radius 1 is 1.19 bits per heavy atom. The third-order valence-electron chi connectivity index (χ3n) is 2.53. The van der Waals surface area contributed by atoms with Gasteiger partial charge in [-0.25, -0.2) is 9.37 Å². The van der Waals surface area contributed by atoms with E-state index in [-0.39, 0.29) is 22.9 Å². The first-order valence-corrected chi connectivity index (χ1v) is 5.61. The number of nitriles is 1. The number of rotatable bonds is 2. The van der Waals surface area contributed by atoms with Gasteiger partial charge in [0.1, 0.15) is 17.5 Å². The molecule has 1 heterocycles. The SMILES string of the molecule is N#Cc1ccc(Nc2cc(C(F)(F)F)cc(N)n2)c(F)c1. The molecule has 0 saturated heterocycles. The van der Waals surface area contributed by atoms with E-state index in [9.17, 15) is 17.6 Å². The molecule has 0 unspecified atom stereocenters. The first kappa shape index (κ1) is 14.6. The van der Waals surface area contributed by atoms with Gasteiger partial charge in [0.15, 0.2) is 0 Å². The summed E-state index contributed by atoms with van der Waals surface area (Å²) in [5.74, 6) is -1.38. The summed E-state index contributed by atoms with van der Waals surface area (Å²) in [5, 5.41) is 11.0. The summed E-state index contributed by atoms with van der Waals surface area (Å²) in [7, 11) is 0. The molecular formula is C13H8F4N4. The summed E-state index contributed by atoms with van der Waals surface area (Å²) < 4.78 is 51.6. The number of nitrogens with zero attached hydrogens (tertiary/aromatic N) is 2. The summed E-state index contributed by atoms with van der Waals surface area (Å²) >= 11 is 0. The van der Waals surface area contributed by atoms with Gasteiger partial charge in [0.2, 0.25) is 0 Å². The summed E-state index contributed by atoms with van der Waals surface area (Å²) in [6, 6.07) is 6.65. The van der Waals surface area contributed by atoms with E-state index in [0.717, 1.165) is 6.07 Å². The summed E-state index contributed by atoms with van der Waals surface area (Å²) in [6.45, 7) is 0. The Morgan fingerprint density at radius 3 is 2.48 bits per heavy atom. The number of hydrogen-bond donors (Lipinski definition) is 2. The lowest BCUT2D eigenvalue weighted by atomic mass is 10.2. The molecule has 8 heteroatoms. The summed E-state index contributed by atoms with van der Waals surface area (Å²) in [5.41, 5.74) is 4.29. The Hall–Kier alpha value is -2.82.